The van der Waals surface area contributed by atoms with Gasteiger partial charge in [-0.1, -0.05) is 0 Å². The summed E-state index contributed by atoms with van der Waals surface area (Å²) in [6.07, 6.45) is 2.96. The molecule has 15 heavy (non-hydrogen) atoms. The second kappa shape index (κ2) is 3.31. The molecule has 0 atom stereocenters. The highest BCUT2D eigenvalue weighted by atomic mass is 15.3. The summed E-state index contributed by atoms with van der Waals surface area (Å²) in [4.78, 5) is 4.04. The van der Waals surface area contributed by atoms with Crippen LogP contribution in [0.3, 0.4) is 0 Å². The molecule has 6 nitrogen and oxygen atoms in total. The second-order valence-electron chi connectivity index (χ2n) is 2.88. The Balaban J connectivity index is 2.61. The molecule has 2 aromatic rings. The first-order valence-corrected chi connectivity index (χ1v) is 4.18. The summed E-state index contributed by atoms with van der Waals surface area (Å²) < 4.78 is 1.34. The Morgan fingerprint density at radius 1 is 1.40 bits per heavy atom. The van der Waals surface area contributed by atoms with Crippen LogP contribution in [0.25, 0.3) is 5.82 Å². The van der Waals surface area contributed by atoms with Crippen molar-refractivity contribution in [2.45, 2.75) is 0 Å². The third kappa shape index (κ3) is 1.36. The fourth-order valence-electron chi connectivity index (χ4n) is 1.20. The predicted molar refractivity (Wildman–Crippen MR) is 54.9 cm³/mol. The van der Waals surface area contributed by atoms with E-state index in [9.17, 15) is 0 Å². The van der Waals surface area contributed by atoms with E-state index in [0.717, 1.165) is 0 Å². The highest BCUT2D eigenvalue weighted by molar-refractivity contribution is 5.58. The molecule has 4 N–H and O–H groups in total. The van der Waals surface area contributed by atoms with E-state index in [1.807, 2.05) is 6.07 Å². The van der Waals surface area contributed by atoms with E-state index in [2.05, 4.69) is 10.1 Å². The van der Waals surface area contributed by atoms with Gasteiger partial charge in [-0.15, -0.1) is 0 Å². The molecule has 0 unspecified atom stereocenters. The van der Waals surface area contributed by atoms with Gasteiger partial charge in [0, 0.05) is 6.20 Å². The molecular formula is C9H8N6. The maximum Gasteiger partial charge on any atom is 0.178 e. The Morgan fingerprint density at radius 2 is 2.20 bits per heavy atom. The number of nitriles is 1. The molecule has 0 spiro atoms. The van der Waals surface area contributed by atoms with Crippen molar-refractivity contribution in [3.63, 3.8) is 0 Å². The summed E-state index contributed by atoms with van der Waals surface area (Å²) in [5.74, 6) is 0.666. The molecule has 0 saturated heterocycles. The van der Waals surface area contributed by atoms with Gasteiger partial charge in [0.15, 0.2) is 5.82 Å². The molecule has 0 bridgehead atoms. The average Bonchev–Trinajstić information content (AvgIpc) is 2.60. The van der Waals surface area contributed by atoms with Crippen LogP contribution in [0.15, 0.2) is 24.5 Å². The first-order chi connectivity index (χ1) is 7.24. The van der Waals surface area contributed by atoms with Crippen molar-refractivity contribution in [1.82, 2.24) is 14.8 Å². The number of pyridine rings is 1. The van der Waals surface area contributed by atoms with E-state index in [0.29, 0.717) is 17.1 Å². The minimum atomic E-state index is 0.239. The molecular weight excluding hydrogens is 192 g/mol. The van der Waals surface area contributed by atoms with E-state index in [4.69, 9.17) is 16.7 Å². The molecule has 6 heteroatoms. The van der Waals surface area contributed by atoms with Crippen molar-refractivity contribution in [2.24, 2.45) is 0 Å². The smallest absolute Gasteiger partial charge is 0.178 e. The lowest BCUT2D eigenvalue weighted by molar-refractivity contribution is 0.860. The van der Waals surface area contributed by atoms with Gasteiger partial charge in [0.25, 0.3) is 0 Å². The van der Waals surface area contributed by atoms with Gasteiger partial charge < -0.3 is 11.5 Å². The van der Waals surface area contributed by atoms with E-state index in [-0.39, 0.29) is 5.82 Å². The lowest BCUT2D eigenvalue weighted by atomic mass is 10.3. The summed E-state index contributed by atoms with van der Waals surface area (Å²) in [5.41, 5.74) is 12.2. The van der Waals surface area contributed by atoms with Gasteiger partial charge in [0.2, 0.25) is 0 Å². The van der Waals surface area contributed by atoms with E-state index >= 15 is 0 Å². The van der Waals surface area contributed by atoms with Crippen molar-refractivity contribution in [2.75, 3.05) is 11.5 Å². The molecule has 0 aliphatic rings. The van der Waals surface area contributed by atoms with Gasteiger partial charge in [-0.25, -0.2) is 4.98 Å². The van der Waals surface area contributed by atoms with Crippen LogP contribution >= 0.6 is 0 Å². The van der Waals surface area contributed by atoms with Crippen LogP contribution < -0.4 is 11.5 Å². The quantitative estimate of drug-likeness (QED) is 0.688. The molecule has 74 valence electrons. The third-order valence-electron chi connectivity index (χ3n) is 1.94. The molecule has 2 aromatic heterocycles. The SMILES string of the molecule is N#Cc1cnn(-c2ncccc2N)c1N. The second-order valence-corrected chi connectivity index (χ2v) is 2.88. The van der Waals surface area contributed by atoms with Crippen molar-refractivity contribution in [3.05, 3.63) is 30.1 Å². The molecule has 0 aliphatic carbocycles. The lowest BCUT2D eigenvalue weighted by Gasteiger charge is -2.04. The minimum Gasteiger partial charge on any atom is -0.396 e. The molecule has 2 heterocycles. The zero-order chi connectivity index (χ0) is 10.8. The van der Waals surface area contributed by atoms with Gasteiger partial charge in [-0.05, 0) is 12.1 Å². The number of rotatable bonds is 1. The number of hydrogen-bond donors (Lipinski definition) is 2. The molecule has 0 radical (unpaired) electrons. The highest BCUT2D eigenvalue weighted by Crippen LogP contribution is 2.18. The topological polar surface area (TPSA) is 107 Å². The summed E-state index contributed by atoms with van der Waals surface area (Å²) in [6.45, 7) is 0. The Hall–Kier alpha value is -2.55. The molecule has 0 amide bonds. The average molecular weight is 200 g/mol. The molecule has 0 aliphatic heterocycles. The van der Waals surface area contributed by atoms with E-state index < -0.39 is 0 Å². The van der Waals surface area contributed by atoms with Crippen LogP contribution in [0.1, 0.15) is 5.56 Å². The summed E-state index contributed by atoms with van der Waals surface area (Å²) in [6, 6.07) is 5.33. The highest BCUT2D eigenvalue weighted by Gasteiger charge is 2.11. The molecule has 0 saturated carbocycles. The minimum absolute atomic E-state index is 0.239. The fourth-order valence-corrected chi connectivity index (χ4v) is 1.20. The van der Waals surface area contributed by atoms with Crippen LogP contribution in [0.5, 0.6) is 0 Å². The normalized spacial score (nSPS) is 9.80. The Bertz CT molecular complexity index is 536. The number of anilines is 2. The zero-order valence-corrected chi connectivity index (χ0v) is 7.75. The van der Waals surface area contributed by atoms with E-state index in [1.54, 1.807) is 18.3 Å². The maximum absolute atomic E-state index is 8.71. The van der Waals surface area contributed by atoms with Crippen LogP contribution in [-0.2, 0) is 0 Å². The van der Waals surface area contributed by atoms with Gasteiger partial charge in [-0.3, -0.25) is 0 Å². The van der Waals surface area contributed by atoms with Crippen LogP contribution in [-0.4, -0.2) is 14.8 Å². The number of hydrogen-bond acceptors (Lipinski definition) is 5. The molecule has 2 rings (SSSR count). The largest absolute Gasteiger partial charge is 0.396 e. The van der Waals surface area contributed by atoms with Crippen LogP contribution in [0.2, 0.25) is 0 Å². The van der Waals surface area contributed by atoms with Crippen molar-refractivity contribution < 1.29 is 0 Å². The number of nitrogens with zero attached hydrogens (tertiary/aromatic N) is 4. The Labute approximate surface area is 85.8 Å². The summed E-state index contributed by atoms with van der Waals surface area (Å²) in [7, 11) is 0. The lowest BCUT2D eigenvalue weighted by Crippen LogP contribution is -2.07. The van der Waals surface area contributed by atoms with Gasteiger partial charge >= 0.3 is 0 Å². The van der Waals surface area contributed by atoms with Crippen molar-refractivity contribution in [1.29, 1.82) is 5.26 Å². The first kappa shape index (κ1) is 9.02. The van der Waals surface area contributed by atoms with Crippen LogP contribution in [0, 0.1) is 11.3 Å². The molecule has 0 aromatic carbocycles. The molecule has 0 fully saturated rings. The fraction of sp³-hybridized carbons (Fsp3) is 0. The third-order valence-corrected chi connectivity index (χ3v) is 1.94. The van der Waals surface area contributed by atoms with Gasteiger partial charge in [0.1, 0.15) is 17.5 Å². The summed E-state index contributed by atoms with van der Waals surface area (Å²) in [5, 5.41) is 12.7. The van der Waals surface area contributed by atoms with Crippen molar-refractivity contribution >= 4 is 11.5 Å². The Morgan fingerprint density at radius 3 is 2.80 bits per heavy atom. The summed E-state index contributed by atoms with van der Waals surface area (Å²) >= 11 is 0. The number of aromatic nitrogens is 3. The number of nitrogen functional groups attached to an aromatic ring is 2. The van der Waals surface area contributed by atoms with Crippen molar-refractivity contribution in [3.8, 4) is 11.9 Å². The van der Waals surface area contributed by atoms with E-state index in [1.165, 1.54) is 10.9 Å². The maximum atomic E-state index is 8.71. The van der Waals surface area contributed by atoms with Gasteiger partial charge in [-0.2, -0.15) is 15.0 Å². The van der Waals surface area contributed by atoms with Gasteiger partial charge in [0.05, 0.1) is 11.9 Å². The number of nitrogens with two attached hydrogens (primary N) is 2. The monoisotopic (exact) mass is 200 g/mol. The van der Waals surface area contributed by atoms with Crippen LogP contribution in [0.4, 0.5) is 11.5 Å². The standard InChI is InChI=1S/C9H8N6/c10-4-6-5-14-15(8(6)12)9-7(11)2-1-3-13-9/h1-3,5H,11-12H2. The zero-order valence-electron chi connectivity index (χ0n) is 7.75. The predicted octanol–water partition coefficient (Wildman–Crippen LogP) is 0.303. The first-order valence-electron chi connectivity index (χ1n) is 4.18. The Kier molecular flexibility index (Phi) is 1.99.